The van der Waals surface area contributed by atoms with Crippen molar-refractivity contribution in [3.8, 4) is 11.5 Å². The highest BCUT2D eigenvalue weighted by molar-refractivity contribution is 6.46. The van der Waals surface area contributed by atoms with Crippen molar-refractivity contribution in [1.29, 1.82) is 0 Å². The van der Waals surface area contributed by atoms with Gasteiger partial charge in [0.25, 0.3) is 11.7 Å². The van der Waals surface area contributed by atoms with Crippen LogP contribution >= 0.6 is 0 Å². The first-order chi connectivity index (χ1) is 16.8. The number of Topliss-reactive ketones (excluding diaryl/α,β-unsaturated/α-hetero) is 1. The van der Waals surface area contributed by atoms with Gasteiger partial charge in [0.05, 0.1) is 24.3 Å². The number of hydrogen-bond acceptors (Lipinski definition) is 5. The van der Waals surface area contributed by atoms with Crippen LogP contribution in [-0.4, -0.2) is 40.4 Å². The Bertz CT molecular complexity index is 1130. The molecular formula is C29H35NO5. The number of aliphatic hydroxyl groups excluding tert-OH is 1. The number of rotatable bonds is 7. The van der Waals surface area contributed by atoms with Gasteiger partial charge in [0.1, 0.15) is 17.3 Å². The van der Waals surface area contributed by atoms with E-state index in [0.717, 1.165) is 49.0 Å². The molecule has 1 N–H and O–H groups in total. The first-order valence-electron chi connectivity index (χ1n) is 12.6. The van der Waals surface area contributed by atoms with E-state index in [1.54, 1.807) is 23.1 Å². The summed E-state index contributed by atoms with van der Waals surface area (Å²) in [4.78, 5) is 28.5. The van der Waals surface area contributed by atoms with Crippen LogP contribution in [0.2, 0.25) is 0 Å². The fraction of sp³-hybridized carbons (Fsp3) is 0.448. The number of likely N-dealkylation sites (tertiary alicyclic amines) is 1. The van der Waals surface area contributed by atoms with Crippen molar-refractivity contribution in [1.82, 2.24) is 4.90 Å². The summed E-state index contributed by atoms with van der Waals surface area (Å²) in [5, 5.41) is 11.4. The van der Waals surface area contributed by atoms with Crippen molar-refractivity contribution in [3.05, 3.63) is 64.7 Å². The maximum Gasteiger partial charge on any atom is 0.295 e. The molecule has 1 saturated heterocycles. The topological polar surface area (TPSA) is 76.1 Å². The second-order valence-corrected chi connectivity index (χ2v) is 9.65. The molecule has 2 fully saturated rings. The highest BCUT2D eigenvalue weighted by atomic mass is 16.5. The van der Waals surface area contributed by atoms with Gasteiger partial charge >= 0.3 is 0 Å². The largest absolute Gasteiger partial charge is 0.507 e. The van der Waals surface area contributed by atoms with Crippen LogP contribution < -0.4 is 9.47 Å². The van der Waals surface area contributed by atoms with E-state index < -0.39 is 17.7 Å². The zero-order valence-electron chi connectivity index (χ0n) is 21.0. The zero-order valence-corrected chi connectivity index (χ0v) is 21.0. The minimum absolute atomic E-state index is 0.0200. The Balaban J connectivity index is 1.83. The molecule has 6 nitrogen and oxygen atoms in total. The SMILES string of the molecule is CCOc1cccc(C2/C(=C(\O)c3ccc(OC(C)C)c(C)c3)C(=O)C(=O)N2C2CCCCC2)c1. The minimum atomic E-state index is -0.662. The molecule has 35 heavy (non-hydrogen) atoms. The second-order valence-electron chi connectivity index (χ2n) is 9.65. The van der Waals surface area contributed by atoms with Gasteiger partial charge in [0.15, 0.2) is 0 Å². The van der Waals surface area contributed by atoms with Crippen molar-refractivity contribution >= 4 is 17.4 Å². The average Bonchev–Trinajstić information content (AvgIpc) is 3.11. The number of amides is 1. The maximum atomic E-state index is 13.4. The first-order valence-corrected chi connectivity index (χ1v) is 12.6. The van der Waals surface area contributed by atoms with Crippen molar-refractivity contribution in [2.75, 3.05) is 6.61 Å². The van der Waals surface area contributed by atoms with E-state index in [2.05, 4.69) is 0 Å². The summed E-state index contributed by atoms with van der Waals surface area (Å²) in [5.74, 6) is 0.0555. The van der Waals surface area contributed by atoms with Gasteiger partial charge < -0.3 is 19.5 Å². The Morgan fingerprint density at radius 1 is 1.09 bits per heavy atom. The van der Waals surface area contributed by atoms with Crippen LogP contribution in [0.4, 0.5) is 0 Å². The lowest BCUT2D eigenvalue weighted by atomic mass is 9.90. The number of nitrogens with zero attached hydrogens (tertiary/aromatic N) is 1. The van der Waals surface area contributed by atoms with Gasteiger partial charge in [0.2, 0.25) is 0 Å². The summed E-state index contributed by atoms with van der Waals surface area (Å²) in [5.41, 5.74) is 2.23. The van der Waals surface area contributed by atoms with E-state index in [4.69, 9.17) is 9.47 Å². The molecule has 6 heteroatoms. The first kappa shape index (κ1) is 24.8. The Morgan fingerprint density at radius 2 is 1.83 bits per heavy atom. The standard InChI is InChI=1S/C29H35NO5/c1-5-34-23-13-9-10-20(17-23)26-25(28(32)29(33)30(26)22-11-7-6-8-12-22)27(31)21-14-15-24(19(4)16-21)35-18(2)3/h9-10,13-18,22,26,31H,5-8,11-12H2,1-4H3/b27-25+. The van der Waals surface area contributed by atoms with Crippen molar-refractivity contribution in [2.24, 2.45) is 0 Å². The zero-order chi connectivity index (χ0) is 25.1. The summed E-state index contributed by atoms with van der Waals surface area (Å²) in [6.07, 6.45) is 4.91. The lowest BCUT2D eigenvalue weighted by Crippen LogP contribution is -2.40. The van der Waals surface area contributed by atoms with E-state index in [-0.39, 0.29) is 23.5 Å². The highest BCUT2D eigenvalue weighted by Gasteiger charge is 2.49. The Kier molecular flexibility index (Phi) is 7.48. The predicted molar refractivity (Wildman–Crippen MR) is 136 cm³/mol. The van der Waals surface area contributed by atoms with E-state index in [1.807, 2.05) is 52.0 Å². The number of hydrogen-bond donors (Lipinski definition) is 1. The van der Waals surface area contributed by atoms with Crippen LogP contribution in [0.15, 0.2) is 48.0 Å². The smallest absolute Gasteiger partial charge is 0.295 e. The molecule has 2 aromatic carbocycles. The number of aliphatic hydroxyl groups is 1. The van der Waals surface area contributed by atoms with E-state index in [1.165, 1.54) is 0 Å². The summed E-state index contributed by atoms with van der Waals surface area (Å²) in [6.45, 7) is 8.23. The van der Waals surface area contributed by atoms with Crippen molar-refractivity contribution < 1.29 is 24.2 Å². The fourth-order valence-corrected chi connectivity index (χ4v) is 5.19. The van der Waals surface area contributed by atoms with Gasteiger partial charge in [-0.3, -0.25) is 9.59 Å². The van der Waals surface area contributed by atoms with Crippen LogP contribution in [0.5, 0.6) is 11.5 Å². The Labute approximate surface area is 207 Å². The monoisotopic (exact) mass is 477 g/mol. The van der Waals surface area contributed by atoms with E-state index in [0.29, 0.717) is 17.9 Å². The summed E-state index contributed by atoms with van der Waals surface area (Å²) >= 11 is 0. The van der Waals surface area contributed by atoms with E-state index in [9.17, 15) is 14.7 Å². The van der Waals surface area contributed by atoms with Gasteiger partial charge in [0, 0.05) is 11.6 Å². The molecule has 1 heterocycles. The molecule has 0 aromatic heterocycles. The minimum Gasteiger partial charge on any atom is -0.507 e. The molecular weight excluding hydrogens is 442 g/mol. The van der Waals surface area contributed by atoms with Gasteiger partial charge in [-0.15, -0.1) is 0 Å². The molecule has 0 radical (unpaired) electrons. The third-order valence-electron chi connectivity index (χ3n) is 6.74. The van der Waals surface area contributed by atoms with Crippen LogP contribution in [0.3, 0.4) is 0 Å². The van der Waals surface area contributed by atoms with Gasteiger partial charge in [-0.2, -0.15) is 0 Å². The molecule has 2 aliphatic rings. The molecule has 2 aromatic rings. The number of carbonyl (C=O) groups is 2. The third-order valence-corrected chi connectivity index (χ3v) is 6.74. The fourth-order valence-electron chi connectivity index (χ4n) is 5.19. The Morgan fingerprint density at radius 3 is 2.49 bits per heavy atom. The molecule has 1 aliphatic carbocycles. The number of aryl methyl sites for hydroxylation is 1. The van der Waals surface area contributed by atoms with Gasteiger partial charge in [-0.1, -0.05) is 31.4 Å². The number of ether oxygens (including phenoxy) is 2. The van der Waals surface area contributed by atoms with Crippen LogP contribution in [-0.2, 0) is 9.59 Å². The quantitative estimate of drug-likeness (QED) is 0.304. The maximum absolute atomic E-state index is 13.4. The Hall–Kier alpha value is -3.28. The van der Waals surface area contributed by atoms with Gasteiger partial charge in [-0.25, -0.2) is 0 Å². The second kappa shape index (κ2) is 10.5. The van der Waals surface area contributed by atoms with Crippen LogP contribution in [0, 0.1) is 6.92 Å². The van der Waals surface area contributed by atoms with Crippen LogP contribution in [0.1, 0.15) is 75.6 Å². The molecule has 1 saturated carbocycles. The number of carbonyl (C=O) groups excluding carboxylic acids is 2. The molecule has 0 spiro atoms. The molecule has 1 unspecified atom stereocenters. The summed E-state index contributed by atoms with van der Waals surface area (Å²) in [7, 11) is 0. The lowest BCUT2D eigenvalue weighted by molar-refractivity contribution is -0.141. The molecule has 1 amide bonds. The predicted octanol–water partition coefficient (Wildman–Crippen LogP) is 5.94. The molecule has 1 atom stereocenters. The average molecular weight is 478 g/mol. The highest BCUT2D eigenvalue weighted by Crippen LogP contribution is 2.44. The normalized spacial score (nSPS) is 20.5. The number of benzene rings is 2. The molecule has 0 bridgehead atoms. The van der Waals surface area contributed by atoms with E-state index >= 15 is 0 Å². The van der Waals surface area contributed by atoms with Crippen LogP contribution in [0.25, 0.3) is 5.76 Å². The molecule has 186 valence electrons. The third kappa shape index (κ3) is 5.07. The molecule has 4 rings (SSSR count). The molecule has 1 aliphatic heterocycles. The van der Waals surface area contributed by atoms with Gasteiger partial charge in [-0.05, 0) is 82.0 Å². The van der Waals surface area contributed by atoms with Crippen molar-refractivity contribution in [2.45, 2.75) is 78.0 Å². The summed E-state index contributed by atoms with van der Waals surface area (Å²) in [6, 6.07) is 12.1. The number of ketones is 1. The summed E-state index contributed by atoms with van der Waals surface area (Å²) < 4.78 is 11.5. The lowest BCUT2D eigenvalue weighted by Gasteiger charge is -2.35. The van der Waals surface area contributed by atoms with Crippen molar-refractivity contribution in [3.63, 3.8) is 0 Å².